The maximum atomic E-state index is 12.8. The van der Waals surface area contributed by atoms with E-state index in [1.54, 1.807) is 12.0 Å². The van der Waals surface area contributed by atoms with Crippen LogP contribution in [-0.4, -0.2) is 40.6 Å². The van der Waals surface area contributed by atoms with E-state index in [0.29, 0.717) is 37.6 Å². The second-order valence-corrected chi connectivity index (χ2v) is 6.13. The molecule has 0 radical (unpaired) electrons. The van der Waals surface area contributed by atoms with Gasteiger partial charge in [-0.1, -0.05) is 12.1 Å². The summed E-state index contributed by atoms with van der Waals surface area (Å²) < 4.78 is 12.1. The molecule has 1 amide bonds. The van der Waals surface area contributed by atoms with Crippen molar-refractivity contribution in [3.8, 4) is 11.5 Å². The zero-order chi connectivity index (χ0) is 18.7. The molecule has 0 bridgehead atoms. The Labute approximate surface area is 150 Å². The molecule has 1 aliphatic heterocycles. The van der Waals surface area contributed by atoms with E-state index < -0.39 is 11.2 Å². The van der Waals surface area contributed by atoms with Crippen molar-refractivity contribution in [2.24, 2.45) is 7.05 Å². The molecule has 0 unspecified atom stereocenters. The number of para-hydroxylation sites is 1. The molecule has 2 aromatic rings. The lowest BCUT2D eigenvalue weighted by Crippen LogP contribution is -2.39. The van der Waals surface area contributed by atoms with Crippen molar-refractivity contribution < 1.29 is 14.3 Å². The van der Waals surface area contributed by atoms with Crippen LogP contribution in [-0.2, 0) is 24.8 Å². The molecule has 1 aromatic heterocycles. The number of benzene rings is 1. The van der Waals surface area contributed by atoms with Gasteiger partial charge in [-0.25, -0.2) is 4.79 Å². The summed E-state index contributed by atoms with van der Waals surface area (Å²) >= 11 is 0. The first-order chi connectivity index (χ1) is 12.5. The first kappa shape index (κ1) is 17.8. The van der Waals surface area contributed by atoms with E-state index in [9.17, 15) is 14.4 Å². The van der Waals surface area contributed by atoms with Crippen LogP contribution in [0.15, 0.2) is 34.0 Å². The molecule has 0 atom stereocenters. The highest BCUT2D eigenvalue weighted by Crippen LogP contribution is 2.33. The summed E-state index contributed by atoms with van der Waals surface area (Å²) in [5, 5.41) is 0. The van der Waals surface area contributed by atoms with E-state index in [0.717, 1.165) is 10.1 Å². The van der Waals surface area contributed by atoms with Crippen LogP contribution in [0, 0.1) is 0 Å². The van der Waals surface area contributed by atoms with Gasteiger partial charge < -0.3 is 19.4 Å². The quantitative estimate of drug-likeness (QED) is 0.858. The molecule has 1 aliphatic rings. The van der Waals surface area contributed by atoms with Crippen LogP contribution in [0.3, 0.4) is 0 Å². The minimum absolute atomic E-state index is 0.0659. The number of ether oxygens (including phenoxy) is 2. The smallest absolute Gasteiger partial charge is 0.328 e. The number of H-pyrrole nitrogens is 1. The van der Waals surface area contributed by atoms with Crippen LogP contribution in [0.1, 0.15) is 17.5 Å². The minimum atomic E-state index is -0.504. The summed E-state index contributed by atoms with van der Waals surface area (Å²) in [5.41, 5.74) is 0.156. The predicted octanol–water partition coefficient (Wildman–Crippen LogP) is 0.436. The lowest BCUT2D eigenvalue weighted by molar-refractivity contribution is -0.131. The molecule has 8 nitrogen and oxygen atoms in total. The summed E-state index contributed by atoms with van der Waals surface area (Å²) in [4.78, 5) is 40.5. The predicted molar refractivity (Wildman–Crippen MR) is 94.5 cm³/mol. The number of methoxy groups -OCH3 is 1. The standard InChI is InChI=1S/C18H21N3O5/c1-20-17(23)13(10-19-18(20)24)9-15(22)21-7-4-8-26-16-12(11-21)5-3-6-14(16)25-2/h3,5-6,10H,4,7-9,11H2,1-2H3,(H,19,24). The Hall–Kier alpha value is -3.03. The fourth-order valence-electron chi connectivity index (χ4n) is 2.95. The van der Waals surface area contributed by atoms with Crippen LogP contribution in [0.25, 0.3) is 0 Å². The topological polar surface area (TPSA) is 93.6 Å². The molecule has 0 saturated heterocycles. The van der Waals surface area contributed by atoms with Crippen LogP contribution in [0.5, 0.6) is 11.5 Å². The maximum absolute atomic E-state index is 12.8. The van der Waals surface area contributed by atoms with Crippen molar-refractivity contribution in [3.63, 3.8) is 0 Å². The summed E-state index contributed by atoms with van der Waals surface area (Å²) in [5.74, 6) is 1.10. The zero-order valence-electron chi connectivity index (χ0n) is 14.8. The van der Waals surface area contributed by atoms with Gasteiger partial charge in [-0.2, -0.15) is 0 Å². The van der Waals surface area contributed by atoms with Gasteiger partial charge in [-0.15, -0.1) is 0 Å². The number of hydrogen-bond acceptors (Lipinski definition) is 5. The summed E-state index contributed by atoms with van der Waals surface area (Å²) in [6, 6.07) is 5.56. The third-order valence-corrected chi connectivity index (χ3v) is 4.41. The molecule has 1 aromatic carbocycles. The van der Waals surface area contributed by atoms with E-state index in [-0.39, 0.29) is 17.9 Å². The molecular weight excluding hydrogens is 338 g/mol. The first-order valence-electron chi connectivity index (χ1n) is 8.35. The lowest BCUT2D eigenvalue weighted by Gasteiger charge is -2.27. The Bertz CT molecular complexity index is 931. The van der Waals surface area contributed by atoms with Gasteiger partial charge in [0.2, 0.25) is 5.91 Å². The average molecular weight is 359 g/mol. The number of hydrogen-bond donors (Lipinski definition) is 1. The number of aromatic nitrogens is 2. The molecule has 138 valence electrons. The zero-order valence-corrected chi connectivity index (χ0v) is 14.8. The molecule has 8 heteroatoms. The summed E-state index contributed by atoms with van der Waals surface area (Å²) in [6.45, 7) is 1.37. The van der Waals surface area contributed by atoms with Crippen LogP contribution in [0.2, 0.25) is 0 Å². The third-order valence-electron chi connectivity index (χ3n) is 4.41. The van der Waals surface area contributed by atoms with E-state index in [4.69, 9.17) is 9.47 Å². The summed E-state index contributed by atoms with van der Waals surface area (Å²) in [7, 11) is 2.96. The number of rotatable bonds is 3. The molecule has 3 rings (SSSR count). The van der Waals surface area contributed by atoms with Crippen molar-refractivity contribution in [2.75, 3.05) is 20.3 Å². The van der Waals surface area contributed by atoms with Crippen LogP contribution >= 0.6 is 0 Å². The number of carbonyl (C=O) groups is 1. The minimum Gasteiger partial charge on any atom is -0.493 e. The normalized spacial score (nSPS) is 14.0. The number of carbonyl (C=O) groups excluding carboxylic acids is 1. The molecule has 0 aliphatic carbocycles. The van der Waals surface area contributed by atoms with Crippen LogP contribution in [0.4, 0.5) is 0 Å². The molecule has 0 fully saturated rings. The van der Waals surface area contributed by atoms with Crippen molar-refractivity contribution in [1.29, 1.82) is 0 Å². The van der Waals surface area contributed by atoms with Gasteiger partial charge in [0.1, 0.15) is 0 Å². The van der Waals surface area contributed by atoms with Gasteiger partial charge in [0, 0.05) is 37.5 Å². The molecule has 2 heterocycles. The Balaban J connectivity index is 1.84. The van der Waals surface area contributed by atoms with Crippen molar-refractivity contribution >= 4 is 5.91 Å². The molecule has 26 heavy (non-hydrogen) atoms. The van der Waals surface area contributed by atoms with E-state index in [1.807, 2.05) is 18.2 Å². The second kappa shape index (κ2) is 7.47. The maximum Gasteiger partial charge on any atom is 0.328 e. The molecule has 0 spiro atoms. The van der Waals surface area contributed by atoms with Crippen molar-refractivity contribution in [2.45, 2.75) is 19.4 Å². The van der Waals surface area contributed by atoms with Crippen LogP contribution < -0.4 is 20.7 Å². The first-order valence-corrected chi connectivity index (χ1v) is 8.35. The molecular formula is C18H21N3O5. The lowest BCUT2D eigenvalue weighted by atomic mass is 10.1. The fraction of sp³-hybridized carbons (Fsp3) is 0.389. The molecule has 0 saturated carbocycles. The fourth-order valence-corrected chi connectivity index (χ4v) is 2.95. The van der Waals surface area contributed by atoms with E-state index in [1.165, 1.54) is 13.2 Å². The Morgan fingerprint density at radius 2 is 2.15 bits per heavy atom. The van der Waals surface area contributed by atoms with Gasteiger partial charge in [0.15, 0.2) is 11.5 Å². The van der Waals surface area contributed by atoms with Crippen molar-refractivity contribution in [1.82, 2.24) is 14.5 Å². The largest absolute Gasteiger partial charge is 0.493 e. The van der Waals surface area contributed by atoms with Gasteiger partial charge in [0.25, 0.3) is 5.56 Å². The number of fused-ring (bicyclic) bond motifs is 1. The van der Waals surface area contributed by atoms with Crippen molar-refractivity contribution in [3.05, 3.63) is 56.4 Å². The number of nitrogens with zero attached hydrogens (tertiary/aromatic N) is 2. The number of nitrogens with one attached hydrogen (secondary N) is 1. The Morgan fingerprint density at radius 3 is 2.92 bits per heavy atom. The highest BCUT2D eigenvalue weighted by molar-refractivity contribution is 5.78. The number of aromatic amines is 1. The van der Waals surface area contributed by atoms with Gasteiger partial charge in [-0.3, -0.25) is 14.2 Å². The third kappa shape index (κ3) is 3.49. The van der Waals surface area contributed by atoms with E-state index >= 15 is 0 Å². The Morgan fingerprint density at radius 1 is 1.35 bits per heavy atom. The van der Waals surface area contributed by atoms with Gasteiger partial charge in [-0.05, 0) is 12.5 Å². The highest BCUT2D eigenvalue weighted by atomic mass is 16.5. The van der Waals surface area contributed by atoms with Gasteiger partial charge in [0.05, 0.1) is 20.1 Å². The SMILES string of the molecule is COc1cccc2c1OCCCN(C(=O)Cc1c[nH]c(=O)n(C)c1=O)C2. The van der Waals surface area contributed by atoms with Gasteiger partial charge >= 0.3 is 5.69 Å². The second-order valence-electron chi connectivity index (χ2n) is 6.13. The highest BCUT2D eigenvalue weighted by Gasteiger charge is 2.22. The molecule has 1 N–H and O–H groups in total. The summed E-state index contributed by atoms with van der Waals surface area (Å²) in [6.07, 6.45) is 1.92. The monoisotopic (exact) mass is 359 g/mol. The number of amides is 1. The van der Waals surface area contributed by atoms with E-state index in [2.05, 4.69) is 4.98 Å². The average Bonchev–Trinajstić information content (AvgIpc) is 2.62. The Kier molecular flexibility index (Phi) is 5.11.